The van der Waals surface area contributed by atoms with Crippen LogP contribution in [0.2, 0.25) is 0 Å². The molecule has 0 atom stereocenters. The summed E-state index contributed by atoms with van der Waals surface area (Å²) in [4.78, 5) is 0. The molecular formula is C12H27NO2. The summed E-state index contributed by atoms with van der Waals surface area (Å²) in [7, 11) is 0. The third-order valence-corrected chi connectivity index (χ3v) is 2.11. The zero-order valence-corrected chi connectivity index (χ0v) is 10.4. The van der Waals surface area contributed by atoms with Gasteiger partial charge in [0.25, 0.3) is 0 Å². The van der Waals surface area contributed by atoms with E-state index < -0.39 is 0 Å². The monoisotopic (exact) mass is 217 g/mol. The summed E-state index contributed by atoms with van der Waals surface area (Å²) in [6.45, 7) is 9.68. The Morgan fingerprint density at radius 2 is 1.53 bits per heavy atom. The summed E-state index contributed by atoms with van der Waals surface area (Å²) in [5.74, 6) is 0. The normalized spacial score (nSPS) is 10.8. The van der Waals surface area contributed by atoms with E-state index in [4.69, 9.17) is 9.47 Å². The topological polar surface area (TPSA) is 30.5 Å². The Hall–Kier alpha value is -0.120. The van der Waals surface area contributed by atoms with Crippen LogP contribution in [0.25, 0.3) is 0 Å². The first-order valence-corrected chi connectivity index (χ1v) is 6.28. The molecular weight excluding hydrogens is 190 g/mol. The predicted molar refractivity (Wildman–Crippen MR) is 64.3 cm³/mol. The van der Waals surface area contributed by atoms with Gasteiger partial charge in [-0.05, 0) is 38.8 Å². The Kier molecular flexibility index (Phi) is 13.8. The average Bonchev–Trinajstić information content (AvgIpc) is 2.26. The van der Waals surface area contributed by atoms with Crippen molar-refractivity contribution < 1.29 is 9.47 Å². The number of hydrogen-bond acceptors (Lipinski definition) is 3. The molecule has 0 aromatic rings. The molecule has 0 amide bonds. The molecule has 0 aliphatic heterocycles. The van der Waals surface area contributed by atoms with Crippen LogP contribution in [0.5, 0.6) is 0 Å². The van der Waals surface area contributed by atoms with Crippen LogP contribution in [0.3, 0.4) is 0 Å². The van der Waals surface area contributed by atoms with Gasteiger partial charge in [-0.15, -0.1) is 0 Å². The highest BCUT2D eigenvalue weighted by Crippen LogP contribution is 1.94. The third-order valence-electron chi connectivity index (χ3n) is 2.11. The molecule has 0 saturated carbocycles. The van der Waals surface area contributed by atoms with E-state index in [0.29, 0.717) is 0 Å². The van der Waals surface area contributed by atoms with Gasteiger partial charge >= 0.3 is 0 Å². The van der Waals surface area contributed by atoms with Gasteiger partial charge in [-0.1, -0.05) is 13.8 Å². The zero-order valence-electron chi connectivity index (χ0n) is 10.4. The molecule has 0 heterocycles. The number of hydrogen-bond donors (Lipinski definition) is 1. The van der Waals surface area contributed by atoms with Crippen molar-refractivity contribution in [2.24, 2.45) is 0 Å². The van der Waals surface area contributed by atoms with Crippen LogP contribution in [-0.2, 0) is 9.47 Å². The van der Waals surface area contributed by atoms with Gasteiger partial charge in [0.15, 0.2) is 0 Å². The Bertz CT molecular complexity index is 97.8. The minimum Gasteiger partial charge on any atom is -0.379 e. The first kappa shape index (κ1) is 14.9. The fraction of sp³-hybridized carbons (Fsp3) is 1.00. The van der Waals surface area contributed by atoms with Crippen molar-refractivity contribution in [3.05, 3.63) is 0 Å². The molecule has 0 rings (SSSR count). The Labute approximate surface area is 94.5 Å². The molecule has 0 aromatic carbocycles. The SMILES string of the molecule is CCCOCCOCCCCCNCC. The highest BCUT2D eigenvalue weighted by Gasteiger charge is 1.91. The lowest BCUT2D eigenvalue weighted by Crippen LogP contribution is -2.14. The summed E-state index contributed by atoms with van der Waals surface area (Å²) in [5, 5.41) is 3.31. The lowest BCUT2D eigenvalue weighted by Gasteiger charge is -2.05. The minimum absolute atomic E-state index is 0.741. The number of rotatable bonds is 12. The Morgan fingerprint density at radius 3 is 2.20 bits per heavy atom. The van der Waals surface area contributed by atoms with Crippen LogP contribution in [-0.4, -0.2) is 39.5 Å². The highest BCUT2D eigenvalue weighted by atomic mass is 16.5. The molecule has 1 N–H and O–H groups in total. The molecule has 15 heavy (non-hydrogen) atoms. The van der Waals surface area contributed by atoms with E-state index >= 15 is 0 Å². The lowest BCUT2D eigenvalue weighted by atomic mass is 10.2. The molecule has 0 saturated heterocycles. The van der Waals surface area contributed by atoms with Crippen molar-refractivity contribution >= 4 is 0 Å². The maximum atomic E-state index is 5.44. The molecule has 0 aliphatic rings. The van der Waals surface area contributed by atoms with E-state index in [1.54, 1.807) is 0 Å². The maximum Gasteiger partial charge on any atom is 0.0700 e. The van der Waals surface area contributed by atoms with Crippen LogP contribution in [0, 0.1) is 0 Å². The van der Waals surface area contributed by atoms with Crippen molar-refractivity contribution in [3.8, 4) is 0 Å². The molecule has 3 heteroatoms. The van der Waals surface area contributed by atoms with Crippen LogP contribution >= 0.6 is 0 Å². The van der Waals surface area contributed by atoms with E-state index in [9.17, 15) is 0 Å². The quantitative estimate of drug-likeness (QED) is 0.508. The van der Waals surface area contributed by atoms with Gasteiger partial charge in [-0.25, -0.2) is 0 Å². The second-order valence-electron chi connectivity index (χ2n) is 3.64. The van der Waals surface area contributed by atoms with E-state index in [-0.39, 0.29) is 0 Å². The summed E-state index contributed by atoms with van der Waals surface area (Å²) < 4.78 is 10.7. The Balaban J connectivity index is 2.81. The molecule has 0 radical (unpaired) electrons. The largest absolute Gasteiger partial charge is 0.379 e. The first-order valence-electron chi connectivity index (χ1n) is 6.28. The van der Waals surface area contributed by atoms with E-state index in [1.807, 2.05) is 0 Å². The Morgan fingerprint density at radius 1 is 0.800 bits per heavy atom. The second-order valence-corrected chi connectivity index (χ2v) is 3.64. The second kappa shape index (κ2) is 13.9. The number of nitrogens with one attached hydrogen (secondary N) is 1. The van der Waals surface area contributed by atoms with Crippen molar-refractivity contribution in [1.82, 2.24) is 5.32 Å². The summed E-state index contributed by atoms with van der Waals surface area (Å²) >= 11 is 0. The minimum atomic E-state index is 0.741. The predicted octanol–water partition coefficient (Wildman–Crippen LogP) is 2.21. The van der Waals surface area contributed by atoms with Crippen molar-refractivity contribution in [1.29, 1.82) is 0 Å². The van der Waals surface area contributed by atoms with Crippen LogP contribution in [0.1, 0.15) is 39.5 Å². The van der Waals surface area contributed by atoms with Crippen molar-refractivity contribution in [3.63, 3.8) is 0 Å². The molecule has 0 aromatic heterocycles. The highest BCUT2D eigenvalue weighted by molar-refractivity contribution is 4.45. The summed E-state index contributed by atoms with van der Waals surface area (Å²) in [6, 6.07) is 0. The van der Waals surface area contributed by atoms with Crippen molar-refractivity contribution in [2.75, 3.05) is 39.5 Å². The van der Waals surface area contributed by atoms with Crippen LogP contribution in [0.4, 0.5) is 0 Å². The van der Waals surface area contributed by atoms with Gasteiger partial charge in [-0.2, -0.15) is 0 Å². The van der Waals surface area contributed by atoms with E-state index in [1.165, 1.54) is 19.3 Å². The molecule has 0 bridgehead atoms. The number of unbranched alkanes of at least 4 members (excludes halogenated alkanes) is 2. The van der Waals surface area contributed by atoms with Gasteiger partial charge in [0.05, 0.1) is 13.2 Å². The first-order chi connectivity index (χ1) is 7.41. The van der Waals surface area contributed by atoms with Gasteiger partial charge in [0.2, 0.25) is 0 Å². The molecule has 3 nitrogen and oxygen atoms in total. The molecule has 92 valence electrons. The fourth-order valence-electron chi connectivity index (χ4n) is 1.27. The molecule has 0 aliphatic carbocycles. The van der Waals surface area contributed by atoms with Gasteiger partial charge in [0.1, 0.15) is 0 Å². The standard InChI is InChI=1S/C12H27NO2/c1-3-9-14-11-12-15-10-7-5-6-8-13-4-2/h13H,3-12H2,1-2H3. The maximum absolute atomic E-state index is 5.44. The van der Waals surface area contributed by atoms with Gasteiger partial charge < -0.3 is 14.8 Å². The van der Waals surface area contributed by atoms with Crippen LogP contribution in [0.15, 0.2) is 0 Å². The fourth-order valence-corrected chi connectivity index (χ4v) is 1.27. The summed E-state index contributed by atoms with van der Waals surface area (Å²) in [6.07, 6.45) is 4.76. The van der Waals surface area contributed by atoms with Crippen LogP contribution < -0.4 is 5.32 Å². The smallest absolute Gasteiger partial charge is 0.0700 e. The van der Waals surface area contributed by atoms with E-state index in [2.05, 4.69) is 19.2 Å². The molecule has 0 unspecified atom stereocenters. The molecule has 0 fully saturated rings. The van der Waals surface area contributed by atoms with Gasteiger partial charge in [0, 0.05) is 13.2 Å². The van der Waals surface area contributed by atoms with E-state index in [0.717, 1.165) is 45.9 Å². The zero-order chi connectivity index (χ0) is 11.2. The average molecular weight is 217 g/mol. The summed E-state index contributed by atoms with van der Waals surface area (Å²) in [5.41, 5.74) is 0. The number of ether oxygens (including phenoxy) is 2. The third kappa shape index (κ3) is 13.9. The molecule has 0 spiro atoms. The van der Waals surface area contributed by atoms with Gasteiger partial charge in [-0.3, -0.25) is 0 Å². The lowest BCUT2D eigenvalue weighted by molar-refractivity contribution is 0.0466. The van der Waals surface area contributed by atoms with Crippen molar-refractivity contribution in [2.45, 2.75) is 39.5 Å².